The lowest BCUT2D eigenvalue weighted by molar-refractivity contribution is -0.249. The fourth-order valence-electron chi connectivity index (χ4n) is 4.85. The van der Waals surface area contributed by atoms with Gasteiger partial charge in [-0.25, -0.2) is 0 Å². The molecule has 5 rings (SSSR count). The van der Waals surface area contributed by atoms with Crippen LogP contribution < -0.4 is 0 Å². The number of carbonyl (C=O) groups is 1. The first-order valence-electron chi connectivity index (χ1n) is 14.1. The summed E-state index contributed by atoms with van der Waals surface area (Å²) < 4.78 is 32.0. The molecule has 1 aliphatic rings. The SMILES string of the molecule is CC(=O)O[C@@H]1[C@H](OCc2ccccc2)[C@@H](OCc2ccccc2)[C@H](COCc2ccccc2)O[C@H]1Sc1ccccc1. The van der Waals surface area contributed by atoms with Crippen molar-refractivity contribution in [1.82, 2.24) is 0 Å². The summed E-state index contributed by atoms with van der Waals surface area (Å²) in [5.74, 6) is -0.406. The van der Waals surface area contributed by atoms with Crippen molar-refractivity contribution in [3.63, 3.8) is 0 Å². The average Bonchev–Trinajstić information content (AvgIpc) is 3.02. The zero-order valence-corrected chi connectivity index (χ0v) is 24.4. The molecule has 1 saturated heterocycles. The Hall–Kier alpha value is -3.46. The van der Waals surface area contributed by atoms with E-state index in [1.165, 1.54) is 18.7 Å². The quantitative estimate of drug-likeness (QED) is 0.160. The standard InChI is InChI=1S/C35H36O6S/c1-26(36)40-34-33(39-24-29-18-10-4-11-19-29)32(38-23-28-16-8-3-9-17-28)31(25-37-22-27-14-6-2-7-15-27)41-35(34)42-30-20-12-5-13-21-30/h2-21,31-35H,22-25H2,1H3/t31-,32-,33+,34+,35-/m0/s1. The molecule has 6 nitrogen and oxygen atoms in total. The third-order valence-corrected chi connectivity index (χ3v) is 8.01. The largest absolute Gasteiger partial charge is 0.456 e. The number of ether oxygens (including phenoxy) is 5. The van der Waals surface area contributed by atoms with E-state index < -0.39 is 35.8 Å². The smallest absolute Gasteiger partial charge is 0.303 e. The summed E-state index contributed by atoms with van der Waals surface area (Å²) in [6.07, 6.45) is -2.38. The van der Waals surface area contributed by atoms with Crippen molar-refractivity contribution < 1.29 is 28.5 Å². The van der Waals surface area contributed by atoms with E-state index in [4.69, 9.17) is 23.7 Å². The number of hydrogen-bond acceptors (Lipinski definition) is 7. The molecule has 1 heterocycles. The van der Waals surface area contributed by atoms with Crippen LogP contribution in [0, 0.1) is 0 Å². The summed E-state index contributed by atoms with van der Waals surface area (Å²) in [7, 11) is 0. The van der Waals surface area contributed by atoms with E-state index in [1.807, 2.05) is 121 Å². The Kier molecular flexibility index (Phi) is 11.2. The molecule has 0 spiro atoms. The molecule has 4 aromatic carbocycles. The number of esters is 1. The van der Waals surface area contributed by atoms with Crippen molar-refractivity contribution in [2.24, 2.45) is 0 Å². The summed E-state index contributed by atoms with van der Waals surface area (Å²) in [5, 5.41) is 0. The van der Waals surface area contributed by atoms with Crippen molar-refractivity contribution in [2.75, 3.05) is 6.61 Å². The molecule has 0 radical (unpaired) electrons. The summed E-state index contributed by atoms with van der Waals surface area (Å²) in [5.41, 5.74) is 2.56. The van der Waals surface area contributed by atoms with Crippen LogP contribution in [0.25, 0.3) is 0 Å². The van der Waals surface area contributed by atoms with Crippen LogP contribution in [0.5, 0.6) is 0 Å². The number of carbonyl (C=O) groups excluding carboxylic acids is 1. The maximum absolute atomic E-state index is 12.4. The van der Waals surface area contributed by atoms with Crippen molar-refractivity contribution in [3.8, 4) is 0 Å². The van der Waals surface area contributed by atoms with E-state index in [9.17, 15) is 4.79 Å². The van der Waals surface area contributed by atoms with Crippen LogP contribution in [0.4, 0.5) is 0 Å². The molecule has 1 aliphatic heterocycles. The van der Waals surface area contributed by atoms with E-state index >= 15 is 0 Å². The van der Waals surface area contributed by atoms with Crippen molar-refractivity contribution in [1.29, 1.82) is 0 Å². The zero-order chi connectivity index (χ0) is 29.0. The van der Waals surface area contributed by atoms with E-state index in [0.29, 0.717) is 19.8 Å². The summed E-state index contributed by atoms with van der Waals surface area (Å²) in [4.78, 5) is 13.4. The first kappa shape index (κ1) is 30.0. The maximum atomic E-state index is 12.4. The molecule has 0 bridgehead atoms. The van der Waals surface area contributed by atoms with E-state index in [1.54, 1.807) is 0 Å². The van der Waals surface area contributed by atoms with Gasteiger partial charge in [0, 0.05) is 11.8 Å². The van der Waals surface area contributed by atoms with Gasteiger partial charge in [0.25, 0.3) is 0 Å². The first-order valence-corrected chi connectivity index (χ1v) is 15.0. The fourth-order valence-corrected chi connectivity index (χ4v) is 5.97. The molecular weight excluding hydrogens is 548 g/mol. The van der Waals surface area contributed by atoms with Gasteiger partial charge in [0.05, 0.1) is 26.4 Å². The number of thioether (sulfide) groups is 1. The van der Waals surface area contributed by atoms with Gasteiger partial charge in [0.15, 0.2) is 6.10 Å². The lowest BCUT2D eigenvalue weighted by Crippen LogP contribution is -2.60. The molecule has 0 amide bonds. The number of benzene rings is 4. The van der Waals surface area contributed by atoms with Crippen LogP contribution in [0.3, 0.4) is 0 Å². The van der Waals surface area contributed by atoms with Gasteiger partial charge in [-0.15, -0.1) is 0 Å². The number of hydrogen-bond donors (Lipinski definition) is 0. The van der Waals surface area contributed by atoms with Crippen molar-refractivity contribution >= 4 is 17.7 Å². The zero-order valence-electron chi connectivity index (χ0n) is 23.6. The van der Waals surface area contributed by atoms with E-state index in [-0.39, 0.29) is 6.61 Å². The molecular formula is C35H36O6S. The molecule has 7 heteroatoms. The van der Waals surface area contributed by atoms with Crippen molar-refractivity contribution in [3.05, 3.63) is 138 Å². The lowest BCUT2D eigenvalue weighted by Gasteiger charge is -2.45. The minimum Gasteiger partial charge on any atom is -0.456 e. The highest BCUT2D eigenvalue weighted by molar-refractivity contribution is 7.99. The maximum Gasteiger partial charge on any atom is 0.303 e. The molecule has 0 unspecified atom stereocenters. The van der Waals surface area contributed by atoms with Gasteiger partial charge in [0.2, 0.25) is 0 Å². The minimum atomic E-state index is -0.720. The second-order valence-electron chi connectivity index (χ2n) is 10.1. The third-order valence-electron chi connectivity index (χ3n) is 6.85. The molecule has 0 saturated carbocycles. The second-order valence-corrected chi connectivity index (χ2v) is 11.2. The predicted octanol–water partition coefficient (Wildman–Crippen LogP) is 6.82. The summed E-state index contributed by atoms with van der Waals surface area (Å²) >= 11 is 1.50. The second kappa shape index (κ2) is 15.7. The van der Waals surface area contributed by atoms with E-state index in [2.05, 4.69) is 0 Å². The Morgan fingerprint density at radius 2 is 1.12 bits per heavy atom. The predicted molar refractivity (Wildman–Crippen MR) is 163 cm³/mol. The highest BCUT2D eigenvalue weighted by atomic mass is 32.2. The van der Waals surface area contributed by atoms with Gasteiger partial charge in [0.1, 0.15) is 23.7 Å². The summed E-state index contributed by atoms with van der Waals surface area (Å²) in [6.45, 7) is 2.80. The Bertz CT molecular complexity index is 1340. The van der Waals surface area contributed by atoms with Crippen LogP contribution in [-0.4, -0.2) is 42.4 Å². The molecule has 0 aliphatic carbocycles. The Morgan fingerprint density at radius 1 is 0.643 bits per heavy atom. The number of rotatable bonds is 13. The lowest BCUT2D eigenvalue weighted by atomic mass is 9.99. The van der Waals surface area contributed by atoms with Crippen LogP contribution >= 0.6 is 11.8 Å². The first-order chi connectivity index (χ1) is 20.7. The van der Waals surface area contributed by atoms with Gasteiger partial charge in [-0.3, -0.25) is 4.79 Å². The molecule has 4 aromatic rings. The summed E-state index contributed by atoms with van der Waals surface area (Å²) in [6, 6.07) is 39.9. The highest BCUT2D eigenvalue weighted by Crippen LogP contribution is 2.38. The highest BCUT2D eigenvalue weighted by Gasteiger charge is 2.50. The van der Waals surface area contributed by atoms with Gasteiger partial charge in [-0.05, 0) is 28.8 Å². The van der Waals surface area contributed by atoms with Crippen LogP contribution in [-0.2, 0) is 48.3 Å². The monoisotopic (exact) mass is 584 g/mol. The third kappa shape index (κ3) is 8.77. The molecule has 1 fully saturated rings. The molecule has 5 atom stereocenters. The van der Waals surface area contributed by atoms with Gasteiger partial charge < -0.3 is 23.7 Å². The van der Waals surface area contributed by atoms with Crippen molar-refractivity contribution in [2.45, 2.75) is 61.5 Å². The van der Waals surface area contributed by atoms with Crippen LogP contribution in [0.1, 0.15) is 23.6 Å². The fraction of sp³-hybridized carbons (Fsp3) is 0.286. The minimum absolute atomic E-state index is 0.276. The van der Waals surface area contributed by atoms with Gasteiger partial charge in [-0.2, -0.15) is 0 Å². The van der Waals surface area contributed by atoms with Gasteiger partial charge in [-0.1, -0.05) is 121 Å². The molecule has 218 valence electrons. The molecule has 0 N–H and O–H groups in total. The van der Waals surface area contributed by atoms with E-state index in [0.717, 1.165) is 21.6 Å². The average molecular weight is 585 g/mol. The molecule has 42 heavy (non-hydrogen) atoms. The van der Waals surface area contributed by atoms with Gasteiger partial charge >= 0.3 is 5.97 Å². The normalized spacial score (nSPS) is 22.0. The Labute approximate surface area is 251 Å². The van der Waals surface area contributed by atoms with Crippen LogP contribution in [0.2, 0.25) is 0 Å². The Morgan fingerprint density at radius 3 is 1.64 bits per heavy atom. The van der Waals surface area contributed by atoms with Crippen LogP contribution in [0.15, 0.2) is 126 Å². The molecule has 0 aromatic heterocycles. The topological polar surface area (TPSA) is 63.2 Å². The Balaban J connectivity index is 1.44.